The molecule has 0 fully saturated rings. The fraction of sp³-hybridized carbons (Fsp3) is 0.417. The molecule has 0 aliphatic rings. The Kier molecular flexibility index (Phi) is 4.86. The van der Waals surface area contributed by atoms with Gasteiger partial charge in [-0.1, -0.05) is 31.2 Å². The lowest BCUT2D eigenvalue weighted by atomic mass is 10.1. The van der Waals surface area contributed by atoms with Crippen LogP contribution in [0.4, 0.5) is 0 Å². The number of sulfonamides is 1. The molecule has 1 unspecified atom stereocenters. The van der Waals surface area contributed by atoms with Crippen molar-refractivity contribution in [3.05, 3.63) is 35.4 Å². The number of nitrogens with one attached hydrogen (secondary N) is 1. The zero-order valence-electron chi connectivity index (χ0n) is 10.4. The molecule has 0 amide bonds. The highest BCUT2D eigenvalue weighted by Gasteiger charge is 2.19. The summed E-state index contributed by atoms with van der Waals surface area (Å²) in [5.74, 6) is -2.28. The fourth-order valence-electron chi connectivity index (χ4n) is 1.58. The van der Waals surface area contributed by atoms with Crippen LogP contribution in [0.3, 0.4) is 0 Å². The Balaban J connectivity index is 2.75. The van der Waals surface area contributed by atoms with E-state index in [-0.39, 0.29) is 0 Å². The van der Waals surface area contributed by atoms with Crippen LogP contribution in [0, 0.1) is 0 Å². The number of hydrogen-bond acceptors (Lipinski definition) is 3. The van der Waals surface area contributed by atoms with Crippen LogP contribution in [0.25, 0.3) is 0 Å². The minimum absolute atomic E-state index is 0.444. The molecule has 1 aromatic rings. The topological polar surface area (TPSA) is 83.5 Å². The lowest BCUT2D eigenvalue weighted by Crippen LogP contribution is -2.32. The molecule has 0 saturated carbocycles. The molecule has 1 atom stereocenters. The summed E-state index contributed by atoms with van der Waals surface area (Å²) >= 11 is 0. The number of carboxylic acid groups (broad SMARTS) is 1. The second kappa shape index (κ2) is 5.97. The van der Waals surface area contributed by atoms with E-state index in [1.807, 2.05) is 31.2 Å². The van der Waals surface area contributed by atoms with E-state index in [9.17, 15) is 13.2 Å². The Morgan fingerprint density at radius 1 is 1.33 bits per heavy atom. The van der Waals surface area contributed by atoms with Crippen LogP contribution < -0.4 is 4.72 Å². The van der Waals surface area contributed by atoms with Crippen molar-refractivity contribution >= 4 is 16.0 Å². The molecule has 0 aromatic heterocycles. The molecule has 6 heteroatoms. The third kappa shape index (κ3) is 4.46. The van der Waals surface area contributed by atoms with Crippen molar-refractivity contribution in [2.45, 2.75) is 26.3 Å². The number of carboxylic acids is 1. The molecule has 5 nitrogen and oxygen atoms in total. The zero-order chi connectivity index (χ0) is 13.8. The van der Waals surface area contributed by atoms with Crippen LogP contribution in [0.1, 0.15) is 31.0 Å². The second-order valence-electron chi connectivity index (χ2n) is 4.09. The Morgan fingerprint density at radius 2 is 1.89 bits per heavy atom. The van der Waals surface area contributed by atoms with E-state index in [4.69, 9.17) is 5.11 Å². The van der Waals surface area contributed by atoms with Gasteiger partial charge in [0.05, 0.1) is 0 Å². The average Bonchev–Trinajstić information content (AvgIpc) is 2.26. The maximum atomic E-state index is 11.5. The van der Waals surface area contributed by atoms with Gasteiger partial charge in [0.1, 0.15) is 0 Å². The van der Waals surface area contributed by atoms with Gasteiger partial charge in [0.15, 0.2) is 5.75 Å². The van der Waals surface area contributed by atoms with Crippen molar-refractivity contribution in [2.24, 2.45) is 0 Å². The largest absolute Gasteiger partial charge is 0.480 e. The normalized spacial score (nSPS) is 13.2. The minimum atomic E-state index is -3.79. The summed E-state index contributed by atoms with van der Waals surface area (Å²) in [5.41, 5.74) is 1.97. The highest BCUT2D eigenvalue weighted by Crippen LogP contribution is 2.14. The predicted octanol–water partition coefficient (Wildman–Crippen LogP) is 1.31. The van der Waals surface area contributed by atoms with Crippen molar-refractivity contribution < 1.29 is 18.3 Å². The van der Waals surface area contributed by atoms with Crippen molar-refractivity contribution in [2.75, 3.05) is 5.75 Å². The van der Waals surface area contributed by atoms with Crippen LogP contribution in [0.5, 0.6) is 0 Å². The van der Waals surface area contributed by atoms with Gasteiger partial charge in [-0.3, -0.25) is 4.79 Å². The number of hydrogen-bond donors (Lipinski definition) is 2. The third-order valence-corrected chi connectivity index (χ3v) is 3.90. The first kappa shape index (κ1) is 14.7. The monoisotopic (exact) mass is 271 g/mol. The van der Waals surface area contributed by atoms with Crippen molar-refractivity contribution in [3.63, 3.8) is 0 Å². The molecule has 18 heavy (non-hydrogen) atoms. The number of carbonyl (C=O) groups is 1. The summed E-state index contributed by atoms with van der Waals surface area (Å²) in [6.07, 6.45) is 0.916. The van der Waals surface area contributed by atoms with Crippen molar-refractivity contribution in [1.82, 2.24) is 4.72 Å². The van der Waals surface area contributed by atoms with Crippen molar-refractivity contribution in [3.8, 4) is 0 Å². The Bertz CT molecular complexity index is 507. The van der Waals surface area contributed by atoms with Gasteiger partial charge in [0, 0.05) is 6.04 Å². The van der Waals surface area contributed by atoms with Crippen LogP contribution >= 0.6 is 0 Å². The van der Waals surface area contributed by atoms with E-state index >= 15 is 0 Å². The first-order valence-electron chi connectivity index (χ1n) is 5.64. The molecule has 2 N–H and O–H groups in total. The second-order valence-corrected chi connectivity index (χ2v) is 5.84. The minimum Gasteiger partial charge on any atom is -0.480 e. The molecule has 100 valence electrons. The van der Waals surface area contributed by atoms with Gasteiger partial charge in [-0.15, -0.1) is 0 Å². The fourth-order valence-corrected chi connectivity index (χ4v) is 2.67. The molecule has 0 aliphatic carbocycles. The quantitative estimate of drug-likeness (QED) is 0.817. The van der Waals surface area contributed by atoms with Gasteiger partial charge in [0.2, 0.25) is 10.0 Å². The van der Waals surface area contributed by atoms with E-state index in [1.54, 1.807) is 6.92 Å². The molecular formula is C12H17NO4S. The SMILES string of the molecule is CCc1ccc(C(C)NS(=O)(=O)CC(=O)O)cc1. The summed E-state index contributed by atoms with van der Waals surface area (Å²) in [5, 5.41) is 8.48. The Morgan fingerprint density at radius 3 is 2.33 bits per heavy atom. The van der Waals surface area contributed by atoms with E-state index < -0.39 is 27.8 Å². The van der Waals surface area contributed by atoms with Gasteiger partial charge in [-0.25, -0.2) is 13.1 Å². The number of benzene rings is 1. The van der Waals surface area contributed by atoms with E-state index in [0.717, 1.165) is 12.0 Å². The highest BCUT2D eigenvalue weighted by atomic mass is 32.2. The molecule has 0 bridgehead atoms. The highest BCUT2D eigenvalue weighted by molar-refractivity contribution is 7.90. The zero-order valence-corrected chi connectivity index (χ0v) is 11.2. The smallest absolute Gasteiger partial charge is 0.320 e. The van der Waals surface area contributed by atoms with Gasteiger partial charge < -0.3 is 5.11 Å². The van der Waals surface area contributed by atoms with Gasteiger partial charge in [-0.2, -0.15) is 0 Å². The average molecular weight is 271 g/mol. The molecule has 0 spiro atoms. The van der Waals surface area contributed by atoms with Gasteiger partial charge >= 0.3 is 5.97 Å². The van der Waals surface area contributed by atoms with Crippen LogP contribution in [0.2, 0.25) is 0 Å². The van der Waals surface area contributed by atoms with Gasteiger partial charge in [0.25, 0.3) is 0 Å². The summed E-state index contributed by atoms with van der Waals surface area (Å²) in [4.78, 5) is 10.4. The molecule has 1 rings (SSSR count). The first-order chi connectivity index (χ1) is 8.34. The number of rotatable bonds is 6. The van der Waals surface area contributed by atoms with Crippen molar-refractivity contribution in [1.29, 1.82) is 0 Å². The lowest BCUT2D eigenvalue weighted by Gasteiger charge is -2.14. The maximum Gasteiger partial charge on any atom is 0.320 e. The Hall–Kier alpha value is -1.40. The van der Waals surface area contributed by atoms with Gasteiger partial charge in [-0.05, 0) is 24.5 Å². The molecule has 0 aliphatic heterocycles. The summed E-state index contributed by atoms with van der Waals surface area (Å²) < 4.78 is 25.2. The first-order valence-corrected chi connectivity index (χ1v) is 7.30. The predicted molar refractivity (Wildman–Crippen MR) is 68.8 cm³/mol. The molecular weight excluding hydrogens is 254 g/mol. The van der Waals surface area contributed by atoms with E-state index in [2.05, 4.69) is 4.72 Å². The van der Waals surface area contributed by atoms with Crippen LogP contribution in [-0.4, -0.2) is 25.2 Å². The number of aryl methyl sites for hydroxylation is 1. The summed E-state index contributed by atoms with van der Waals surface area (Å²) in [7, 11) is -3.79. The molecule has 0 saturated heterocycles. The molecule has 0 heterocycles. The molecule has 1 aromatic carbocycles. The maximum absolute atomic E-state index is 11.5. The summed E-state index contributed by atoms with van der Waals surface area (Å²) in [6.45, 7) is 3.72. The Labute approximate surface area is 107 Å². The standard InChI is InChI=1S/C12H17NO4S/c1-3-10-4-6-11(7-5-10)9(2)13-18(16,17)8-12(14)15/h4-7,9,13H,3,8H2,1-2H3,(H,14,15). The number of aliphatic carboxylic acids is 1. The lowest BCUT2D eigenvalue weighted by molar-refractivity contribution is -0.134. The summed E-state index contributed by atoms with van der Waals surface area (Å²) in [6, 6.07) is 7.09. The van der Waals surface area contributed by atoms with Crippen LogP contribution in [-0.2, 0) is 21.2 Å². The molecule has 0 radical (unpaired) electrons. The van der Waals surface area contributed by atoms with Crippen LogP contribution in [0.15, 0.2) is 24.3 Å². The van der Waals surface area contributed by atoms with E-state index in [0.29, 0.717) is 0 Å². The third-order valence-electron chi connectivity index (χ3n) is 2.56. The van der Waals surface area contributed by atoms with E-state index in [1.165, 1.54) is 5.56 Å².